The lowest BCUT2D eigenvalue weighted by molar-refractivity contribution is 0.171. The minimum absolute atomic E-state index is 0. The van der Waals surface area contributed by atoms with E-state index in [0.717, 1.165) is 28.5 Å². The van der Waals surface area contributed by atoms with Gasteiger partial charge >= 0.3 is 0 Å². The highest BCUT2D eigenvalue weighted by Gasteiger charge is 2.23. The molecule has 0 aliphatic carbocycles. The molecule has 6 nitrogen and oxygen atoms in total. The summed E-state index contributed by atoms with van der Waals surface area (Å²) in [6.07, 6.45) is 0. The molecule has 0 radical (unpaired) electrons. The maximum Gasteiger partial charge on any atom is 0.193 e. The number of fused-ring (bicyclic) bond motifs is 1. The van der Waals surface area contributed by atoms with Gasteiger partial charge in [-0.05, 0) is 29.8 Å². The average Bonchev–Trinajstić information content (AvgIpc) is 2.66. The van der Waals surface area contributed by atoms with Gasteiger partial charge in [-0.2, -0.15) is 0 Å². The summed E-state index contributed by atoms with van der Waals surface area (Å²) in [6, 6.07) is 13.6. The van der Waals surface area contributed by atoms with Gasteiger partial charge in [0.25, 0.3) is 0 Å². The minimum Gasteiger partial charge on any atom is -0.497 e. The molecule has 3 N–H and O–H groups in total. The van der Waals surface area contributed by atoms with Crippen molar-refractivity contribution in [1.82, 2.24) is 0 Å². The molecule has 1 heterocycles. The second kappa shape index (κ2) is 9.16. The van der Waals surface area contributed by atoms with Crippen molar-refractivity contribution in [2.45, 2.75) is 19.3 Å². The van der Waals surface area contributed by atoms with Crippen LogP contribution < -0.4 is 25.3 Å². The summed E-state index contributed by atoms with van der Waals surface area (Å²) >= 11 is 0. The number of methoxy groups -OCH3 is 1. The van der Waals surface area contributed by atoms with Gasteiger partial charge in [0.05, 0.1) is 13.7 Å². The molecule has 2 aromatic rings. The smallest absolute Gasteiger partial charge is 0.193 e. The van der Waals surface area contributed by atoms with Gasteiger partial charge in [-0.25, -0.2) is 0 Å². The molecule has 0 saturated carbocycles. The van der Waals surface area contributed by atoms with Gasteiger partial charge in [0, 0.05) is 17.2 Å². The van der Waals surface area contributed by atoms with Crippen LogP contribution in [0.5, 0.6) is 17.2 Å². The van der Waals surface area contributed by atoms with Crippen LogP contribution in [-0.4, -0.2) is 32.8 Å². The molecule has 0 fully saturated rings. The van der Waals surface area contributed by atoms with E-state index in [1.54, 1.807) is 7.11 Å². The van der Waals surface area contributed by atoms with Crippen molar-refractivity contribution >= 4 is 35.6 Å². The van der Waals surface area contributed by atoms with Crippen molar-refractivity contribution in [2.24, 2.45) is 10.7 Å². The predicted molar refractivity (Wildman–Crippen MR) is 119 cm³/mol. The van der Waals surface area contributed by atoms with Gasteiger partial charge in [-0.3, -0.25) is 4.99 Å². The number of rotatable bonds is 5. The Morgan fingerprint density at radius 2 is 1.89 bits per heavy atom. The molecular formula is C20H26IN3O3. The number of anilines is 1. The molecule has 0 amide bonds. The molecule has 146 valence electrons. The lowest BCUT2D eigenvalue weighted by Gasteiger charge is -2.26. The SMILES string of the molecule is COc1cccc(NC(N)=NCC(C)(C)c2ccc3c(c2)OCCO3)c1.I. The molecule has 1 aliphatic rings. The van der Waals surface area contributed by atoms with Crippen molar-refractivity contribution in [3.05, 3.63) is 48.0 Å². The van der Waals surface area contributed by atoms with Crippen molar-refractivity contribution in [2.75, 3.05) is 32.2 Å². The summed E-state index contributed by atoms with van der Waals surface area (Å²) in [6.45, 7) is 5.95. The number of ether oxygens (including phenoxy) is 3. The third-order valence-corrected chi connectivity index (χ3v) is 4.31. The van der Waals surface area contributed by atoms with E-state index in [9.17, 15) is 0 Å². The van der Waals surface area contributed by atoms with E-state index in [4.69, 9.17) is 19.9 Å². The van der Waals surface area contributed by atoms with Crippen molar-refractivity contribution in [3.63, 3.8) is 0 Å². The number of nitrogens with two attached hydrogens (primary N) is 1. The fraction of sp³-hybridized carbons (Fsp3) is 0.350. The Kier molecular flexibility index (Phi) is 7.18. The topological polar surface area (TPSA) is 78.1 Å². The maximum atomic E-state index is 6.05. The third kappa shape index (κ3) is 5.41. The van der Waals surface area contributed by atoms with Crippen molar-refractivity contribution in [3.8, 4) is 17.2 Å². The highest BCUT2D eigenvalue weighted by molar-refractivity contribution is 14.0. The summed E-state index contributed by atoms with van der Waals surface area (Å²) in [7, 11) is 1.63. The number of hydrogen-bond donors (Lipinski definition) is 2. The molecule has 0 aromatic heterocycles. The Morgan fingerprint density at radius 1 is 1.15 bits per heavy atom. The Bertz CT molecular complexity index is 809. The van der Waals surface area contributed by atoms with Gasteiger partial charge in [0.15, 0.2) is 17.5 Å². The van der Waals surface area contributed by atoms with E-state index in [1.165, 1.54) is 0 Å². The fourth-order valence-corrected chi connectivity index (χ4v) is 2.73. The zero-order valence-electron chi connectivity index (χ0n) is 15.8. The van der Waals surface area contributed by atoms with Gasteiger partial charge in [-0.1, -0.05) is 26.0 Å². The molecular weight excluding hydrogens is 457 g/mol. The number of benzene rings is 2. The largest absolute Gasteiger partial charge is 0.497 e. The minimum atomic E-state index is -0.198. The van der Waals surface area contributed by atoms with Crippen LogP contribution in [0.4, 0.5) is 5.69 Å². The van der Waals surface area contributed by atoms with Crippen LogP contribution >= 0.6 is 24.0 Å². The Hall–Kier alpha value is -2.16. The van der Waals surface area contributed by atoms with E-state index < -0.39 is 0 Å². The number of nitrogens with zero attached hydrogens (tertiary/aromatic N) is 1. The Balaban J connectivity index is 0.00000261. The summed E-state index contributed by atoms with van der Waals surface area (Å²) in [4.78, 5) is 4.51. The first-order valence-corrected chi connectivity index (χ1v) is 8.59. The van der Waals surface area contributed by atoms with Crippen LogP contribution in [0.2, 0.25) is 0 Å². The van der Waals surface area contributed by atoms with Gasteiger partial charge < -0.3 is 25.3 Å². The number of nitrogens with one attached hydrogen (secondary N) is 1. The Morgan fingerprint density at radius 3 is 2.63 bits per heavy atom. The summed E-state index contributed by atoms with van der Waals surface area (Å²) in [5, 5.41) is 3.09. The maximum absolute atomic E-state index is 6.05. The van der Waals surface area contributed by atoms with Crippen molar-refractivity contribution in [1.29, 1.82) is 0 Å². The lowest BCUT2D eigenvalue weighted by atomic mass is 9.84. The lowest BCUT2D eigenvalue weighted by Crippen LogP contribution is -2.28. The highest BCUT2D eigenvalue weighted by Crippen LogP contribution is 2.35. The van der Waals surface area contributed by atoms with Gasteiger partial charge in [-0.15, -0.1) is 24.0 Å². The van der Waals surface area contributed by atoms with Crippen LogP contribution in [-0.2, 0) is 5.41 Å². The van der Waals surface area contributed by atoms with Crippen LogP contribution in [0.25, 0.3) is 0 Å². The standard InChI is InChI=1S/C20H25N3O3.HI/c1-20(2,14-7-8-17-18(11-14)26-10-9-25-17)13-22-19(21)23-15-5-4-6-16(12-15)24-3;/h4-8,11-12H,9-10,13H2,1-3H3,(H3,21,22,23);1H. The van der Waals surface area contributed by atoms with Crippen molar-refractivity contribution < 1.29 is 14.2 Å². The van der Waals surface area contributed by atoms with E-state index in [1.807, 2.05) is 36.4 Å². The zero-order chi connectivity index (χ0) is 18.6. The second-order valence-corrected chi connectivity index (χ2v) is 6.80. The van der Waals surface area contributed by atoms with Crippen LogP contribution in [0, 0.1) is 0 Å². The fourth-order valence-electron chi connectivity index (χ4n) is 2.73. The molecule has 0 atom stereocenters. The van der Waals surface area contributed by atoms with Crippen LogP contribution in [0.3, 0.4) is 0 Å². The quantitative estimate of drug-likeness (QED) is 0.385. The van der Waals surface area contributed by atoms with E-state index >= 15 is 0 Å². The summed E-state index contributed by atoms with van der Waals surface area (Å²) in [5.41, 5.74) is 7.81. The predicted octanol–water partition coefficient (Wildman–Crippen LogP) is 3.79. The molecule has 0 spiro atoms. The molecule has 27 heavy (non-hydrogen) atoms. The molecule has 2 aromatic carbocycles. The van der Waals surface area contributed by atoms with E-state index in [-0.39, 0.29) is 29.4 Å². The van der Waals surface area contributed by atoms with Crippen LogP contribution in [0.1, 0.15) is 19.4 Å². The first-order valence-electron chi connectivity index (χ1n) is 8.59. The van der Waals surface area contributed by atoms with E-state index in [2.05, 4.69) is 30.2 Å². The number of guanidine groups is 1. The number of halogens is 1. The molecule has 0 unspecified atom stereocenters. The first kappa shape index (κ1) is 21.1. The first-order chi connectivity index (χ1) is 12.5. The van der Waals surface area contributed by atoms with Gasteiger partial charge in [0.2, 0.25) is 0 Å². The molecule has 0 saturated heterocycles. The van der Waals surface area contributed by atoms with E-state index in [0.29, 0.717) is 25.7 Å². The molecule has 3 rings (SSSR count). The Labute approximate surface area is 177 Å². The normalized spacial score (nSPS) is 13.5. The molecule has 0 bridgehead atoms. The number of hydrogen-bond acceptors (Lipinski definition) is 4. The third-order valence-electron chi connectivity index (χ3n) is 4.31. The van der Waals surface area contributed by atoms with Crippen LogP contribution in [0.15, 0.2) is 47.5 Å². The zero-order valence-corrected chi connectivity index (χ0v) is 18.2. The summed E-state index contributed by atoms with van der Waals surface area (Å²) < 4.78 is 16.5. The molecule has 1 aliphatic heterocycles. The average molecular weight is 483 g/mol. The highest BCUT2D eigenvalue weighted by atomic mass is 127. The second-order valence-electron chi connectivity index (χ2n) is 6.80. The summed E-state index contributed by atoms with van der Waals surface area (Å²) in [5.74, 6) is 2.70. The molecule has 7 heteroatoms. The monoisotopic (exact) mass is 483 g/mol. The van der Waals surface area contributed by atoms with Gasteiger partial charge in [0.1, 0.15) is 19.0 Å². The number of aliphatic imine (C=N–C) groups is 1.